The Labute approximate surface area is 224 Å². The van der Waals surface area contributed by atoms with Gasteiger partial charge in [-0.15, -0.1) is 0 Å². The summed E-state index contributed by atoms with van der Waals surface area (Å²) in [5.41, 5.74) is 7.75. The van der Waals surface area contributed by atoms with Gasteiger partial charge in [0.25, 0.3) is 5.91 Å². The molecule has 3 N–H and O–H groups in total. The molecule has 1 aliphatic rings. The molecule has 1 saturated heterocycles. The van der Waals surface area contributed by atoms with Gasteiger partial charge in [-0.05, 0) is 66.4 Å². The Morgan fingerprint density at radius 3 is 2.54 bits per heavy atom. The van der Waals surface area contributed by atoms with Gasteiger partial charge in [-0.1, -0.05) is 30.1 Å². The molecule has 9 nitrogen and oxygen atoms in total. The molecule has 0 unspecified atom stereocenters. The van der Waals surface area contributed by atoms with Crippen LogP contribution in [0.5, 0.6) is 0 Å². The van der Waals surface area contributed by atoms with Gasteiger partial charge in [0, 0.05) is 41.4 Å². The molecule has 11 heteroatoms. The molecule has 4 amide bonds. The second-order valence-corrected chi connectivity index (χ2v) is 9.58. The van der Waals surface area contributed by atoms with Crippen LogP contribution in [0.1, 0.15) is 30.5 Å². The topological polar surface area (TPSA) is 122 Å². The first-order valence-electron chi connectivity index (χ1n) is 11.7. The van der Waals surface area contributed by atoms with Gasteiger partial charge in [0.2, 0.25) is 5.91 Å². The van der Waals surface area contributed by atoms with E-state index in [0.29, 0.717) is 33.5 Å². The number of benzene rings is 1. The van der Waals surface area contributed by atoms with E-state index in [9.17, 15) is 14.4 Å². The average molecular weight is 541 g/mol. The van der Waals surface area contributed by atoms with Crippen molar-refractivity contribution in [1.29, 1.82) is 0 Å². The Kier molecular flexibility index (Phi) is 7.94. The lowest BCUT2D eigenvalue weighted by atomic mass is 9.81. The zero-order chi connectivity index (χ0) is 26.7. The van der Waals surface area contributed by atoms with E-state index in [1.54, 1.807) is 68.1 Å². The summed E-state index contributed by atoms with van der Waals surface area (Å²) >= 11 is 12.5. The van der Waals surface area contributed by atoms with Crippen LogP contribution in [0.25, 0.3) is 0 Å². The summed E-state index contributed by atoms with van der Waals surface area (Å²) in [5, 5.41) is 3.76. The third-order valence-electron chi connectivity index (χ3n) is 6.41. The molecule has 3 atom stereocenters. The molecule has 2 aromatic heterocycles. The molecule has 1 fully saturated rings. The number of aromatic nitrogens is 2. The minimum absolute atomic E-state index is 0.229. The lowest BCUT2D eigenvalue weighted by Gasteiger charge is -2.46. The largest absolute Gasteiger partial charge is 0.384 e. The minimum atomic E-state index is -1.02. The van der Waals surface area contributed by atoms with Crippen LogP contribution in [0.4, 0.5) is 16.3 Å². The molecule has 1 aliphatic heterocycles. The third-order valence-corrected chi connectivity index (χ3v) is 6.99. The summed E-state index contributed by atoms with van der Waals surface area (Å²) in [5.74, 6) is -1.30. The Bertz CT molecular complexity index is 1320. The van der Waals surface area contributed by atoms with E-state index in [2.05, 4.69) is 15.3 Å². The number of amides is 4. The van der Waals surface area contributed by atoms with Crippen molar-refractivity contribution in [2.24, 2.45) is 5.92 Å². The average Bonchev–Trinajstić information content (AvgIpc) is 2.89. The maximum absolute atomic E-state index is 13.6. The Morgan fingerprint density at radius 1 is 1.14 bits per heavy atom. The summed E-state index contributed by atoms with van der Waals surface area (Å²) in [6.45, 7) is 1.87. The molecule has 0 saturated carbocycles. The van der Waals surface area contributed by atoms with Gasteiger partial charge in [0.15, 0.2) is 0 Å². The van der Waals surface area contributed by atoms with E-state index in [-0.39, 0.29) is 6.42 Å². The number of rotatable bonds is 7. The summed E-state index contributed by atoms with van der Waals surface area (Å²) in [6, 6.07) is 9.49. The molecule has 37 heavy (non-hydrogen) atoms. The molecular formula is C26H26Cl2N6O3. The van der Waals surface area contributed by atoms with Gasteiger partial charge in [-0.2, -0.15) is 0 Å². The maximum atomic E-state index is 13.6. The smallest absolute Gasteiger partial charge is 0.325 e. The predicted molar refractivity (Wildman–Crippen MR) is 142 cm³/mol. The normalized spacial score (nSPS) is 17.6. The van der Waals surface area contributed by atoms with Crippen molar-refractivity contribution < 1.29 is 14.4 Å². The number of anilines is 2. The number of pyridine rings is 2. The summed E-state index contributed by atoms with van der Waals surface area (Å²) in [7, 11) is 1.60. The maximum Gasteiger partial charge on any atom is 0.325 e. The monoisotopic (exact) mass is 540 g/mol. The lowest BCUT2D eigenvalue weighted by molar-refractivity contribution is -0.156. The van der Waals surface area contributed by atoms with Crippen molar-refractivity contribution in [3.05, 3.63) is 82.2 Å². The molecule has 192 valence electrons. The van der Waals surface area contributed by atoms with Crippen molar-refractivity contribution in [2.45, 2.75) is 31.8 Å². The van der Waals surface area contributed by atoms with Gasteiger partial charge in [-0.3, -0.25) is 19.5 Å². The number of likely N-dealkylation sites (N-methyl/N-ethyl adjacent to an activating group) is 1. The van der Waals surface area contributed by atoms with Crippen LogP contribution in [0, 0.1) is 5.92 Å². The van der Waals surface area contributed by atoms with Crippen LogP contribution in [0.2, 0.25) is 10.0 Å². The second-order valence-electron chi connectivity index (χ2n) is 8.73. The fourth-order valence-corrected chi connectivity index (χ4v) is 4.85. The fraction of sp³-hybridized carbons (Fsp3) is 0.269. The zero-order valence-electron chi connectivity index (χ0n) is 20.3. The van der Waals surface area contributed by atoms with E-state index in [0.717, 1.165) is 10.5 Å². The van der Waals surface area contributed by atoms with Crippen LogP contribution >= 0.6 is 23.2 Å². The van der Waals surface area contributed by atoms with Crippen molar-refractivity contribution in [2.75, 3.05) is 17.7 Å². The Balaban J connectivity index is 1.61. The number of β-lactam (4-membered cyclic amide) rings is 1. The zero-order valence-corrected chi connectivity index (χ0v) is 21.8. The molecule has 3 aromatic rings. The van der Waals surface area contributed by atoms with Crippen molar-refractivity contribution in [1.82, 2.24) is 20.2 Å². The Hall–Kier alpha value is -3.69. The van der Waals surface area contributed by atoms with Crippen LogP contribution in [-0.4, -0.2) is 45.8 Å². The van der Waals surface area contributed by atoms with Gasteiger partial charge in [0.1, 0.15) is 11.9 Å². The fourth-order valence-electron chi connectivity index (χ4n) is 4.43. The van der Waals surface area contributed by atoms with Gasteiger partial charge in [0.05, 0.1) is 12.0 Å². The number of likely N-dealkylation sites (tertiary alicyclic amines) is 1. The molecule has 0 spiro atoms. The first-order chi connectivity index (χ1) is 17.7. The summed E-state index contributed by atoms with van der Waals surface area (Å²) in [6.07, 6.45) is 5.38. The highest BCUT2D eigenvalue weighted by molar-refractivity contribution is 6.33. The first kappa shape index (κ1) is 26.4. The highest BCUT2D eigenvalue weighted by atomic mass is 35.5. The standard InChI is InChI=1S/C26H26Cl2N6O3/c1-3-21(18-14-16(27)4-5-20(18)28)32-26(37)34-23(25(36)33(2)17-7-9-30-10-8-17)19(24(34)35)12-15-6-11-31-22(29)13-15/h4-11,13-14,19,21,23H,3,12H2,1-2H3,(H2,29,31)(H,32,37)/t19-,21-,23+/m1/s1. The third kappa shape index (κ3) is 5.52. The molecular weight excluding hydrogens is 515 g/mol. The quantitative estimate of drug-likeness (QED) is 0.431. The number of halogens is 2. The number of carbonyl (C=O) groups excluding carboxylic acids is 3. The van der Waals surface area contributed by atoms with E-state index in [1.165, 1.54) is 4.90 Å². The summed E-state index contributed by atoms with van der Waals surface area (Å²) < 4.78 is 0. The lowest BCUT2D eigenvalue weighted by Crippen LogP contribution is -2.70. The van der Waals surface area contributed by atoms with E-state index < -0.39 is 35.8 Å². The van der Waals surface area contributed by atoms with Crippen molar-refractivity contribution in [3.63, 3.8) is 0 Å². The van der Waals surface area contributed by atoms with Gasteiger partial charge >= 0.3 is 6.03 Å². The number of nitrogen functional groups attached to an aromatic ring is 1. The molecule has 0 radical (unpaired) electrons. The SMILES string of the molecule is CC[C@@H](NC(=O)N1C(=O)[C@H](Cc2ccnc(N)c2)[C@H]1C(=O)N(C)c1ccncc1)c1cc(Cl)ccc1Cl. The minimum Gasteiger partial charge on any atom is -0.384 e. The van der Waals surface area contributed by atoms with Crippen molar-refractivity contribution >= 4 is 52.6 Å². The number of imide groups is 1. The number of nitrogens with zero attached hydrogens (tertiary/aromatic N) is 4. The number of nitrogens with two attached hydrogens (primary N) is 1. The molecule has 1 aromatic carbocycles. The highest BCUT2D eigenvalue weighted by Gasteiger charge is 2.55. The van der Waals surface area contributed by atoms with Crippen LogP contribution in [-0.2, 0) is 16.0 Å². The van der Waals surface area contributed by atoms with E-state index >= 15 is 0 Å². The number of hydrogen-bond acceptors (Lipinski definition) is 6. The number of hydrogen-bond donors (Lipinski definition) is 2. The highest BCUT2D eigenvalue weighted by Crippen LogP contribution is 2.34. The molecule has 0 bridgehead atoms. The van der Waals surface area contributed by atoms with Crippen LogP contribution < -0.4 is 16.0 Å². The van der Waals surface area contributed by atoms with Crippen LogP contribution in [0.3, 0.4) is 0 Å². The van der Waals surface area contributed by atoms with Crippen LogP contribution in [0.15, 0.2) is 61.1 Å². The number of nitrogens with one attached hydrogen (secondary N) is 1. The van der Waals surface area contributed by atoms with Gasteiger partial charge in [-0.25, -0.2) is 9.78 Å². The predicted octanol–water partition coefficient (Wildman–Crippen LogP) is 4.26. The first-order valence-corrected chi connectivity index (χ1v) is 12.4. The second kappa shape index (κ2) is 11.1. The molecule has 3 heterocycles. The Morgan fingerprint density at radius 2 is 1.86 bits per heavy atom. The number of urea groups is 1. The summed E-state index contributed by atoms with van der Waals surface area (Å²) in [4.78, 5) is 50.7. The van der Waals surface area contributed by atoms with Gasteiger partial charge < -0.3 is 16.0 Å². The van der Waals surface area contributed by atoms with Crippen molar-refractivity contribution in [3.8, 4) is 0 Å². The molecule has 0 aliphatic carbocycles. The van der Waals surface area contributed by atoms with E-state index in [1.807, 2.05) is 6.92 Å². The number of carbonyl (C=O) groups is 3. The van der Waals surface area contributed by atoms with E-state index in [4.69, 9.17) is 28.9 Å². The molecule has 4 rings (SSSR count).